The molecule has 2 heterocycles. The van der Waals surface area contributed by atoms with Crippen LogP contribution >= 0.6 is 0 Å². The first-order valence-corrected chi connectivity index (χ1v) is 5.35. The summed E-state index contributed by atoms with van der Waals surface area (Å²) in [6, 6.07) is 0. The Bertz CT molecular complexity index is 515. The Labute approximate surface area is 102 Å². The Morgan fingerprint density at radius 2 is 2.39 bits per heavy atom. The molecular formula is C10H13N3O5. The third-order valence-corrected chi connectivity index (χ3v) is 2.83. The van der Waals surface area contributed by atoms with Crippen molar-refractivity contribution in [1.29, 1.82) is 0 Å². The number of carbonyl (C=O) groups is 1. The second kappa shape index (κ2) is 4.84. The summed E-state index contributed by atoms with van der Waals surface area (Å²) in [5.74, 6) is -0.150. The molecule has 1 aromatic rings. The maximum absolute atomic E-state index is 11.6. The Kier molecular flexibility index (Phi) is 3.41. The summed E-state index contributed by atoms with van der Waals surface area (Å²) in [5.41, 5.74) is 4.79. The van der Waals surface area contributed by atoms with E-state index in [0.717, 1.165) is 4.57 Å². The van der Waals surface area contributed by atoms with E-state index in [9.17, 15) is 14.7 Å². The molecule has 0 spiro atoms. The van der Waals surface area contributed by atoms with Crippen molar-refractivity contribution in [2.24, 2.45) is 0 Å². The molecule has 1 aromatic heterocycles. The second-order valence-electron chi connectivity index (χ2n) is 4.00. The fraction of sp³-hybridized carbons (Fsp3) is 0.500. The fourth-order valence-electron chi connectivity index (χ4n) is 1.84. The van der Waals surface area contributed by atoms with Crippen LogP contribution in [0.1, 0.15) is 23.0 Å². The second-order valence-corrected chi connectivity index (χ2v) is 4.00. The highest BCUT2D eigenvalue weighted by Crippen LogP contribution is 2.27. The Morgan fingerprint density at radius 1 is 1.67 bits per heavy atom. The van der Waals surface area contributed by atoms with Crippen molar-refractivity contribution in [3.8, 4) is 0 Å². The van der Waals surface area contributed by atoms with E-state index in [1.54, 1.807) is 0 Å². The van der Waals surface area contributed by atoms with Crippen LogP contribution in [0, 0.1) is 0 Å². The predicted molar refractivity (Wildman–Crippen MR) is 59.9 cm³/mol. The van der Waals surface area contributed by atoms with Gasteiger partial charge < -0.3 is 20.7 Å². The summed E-state index contributed by atoms with van der Waals surface area (Å²) >= 11 is 0. The Hall–Kier alpha value is -1.77. The third kappa shape index (κ3) is 2.13. The number of hydrogen-bond donors (Lipinski definition) is 3. The maximum atomic E-state index is 11.6. The van der Waals surface area contributed by atoms with Gasteiger partial charge in [0, 0.05) is 12.6 Å². The van der Waals surface area contributed by atoms with Gasteiger partial charge in [0.1, 0.15) is 18.1 Å². The van der Waals surface area contributed by atoms with Gasteiger partial charge in [-0.15, -0.1) is 0 Å². The van der Waals surface area contributed by atoms with Crippen LogP contribution in [0.2, 0.25) is 0 Å². The fourth-order valence-corrected chi connectivity index (χ4v) is 1.84. The lowest BCUT2D eigenvalue weighted by Gasteiger charge is -2.14. The molecule has 0 unspecified atom stereocenters. The van der Waals surface area contributed by atoms with Crippen LogP contribution in [-0.2, 0) is 4.74 Å². The number of aromatic nitrogens is 2. The van der Waals surface area contributed by atoms with E-state index in [1.165, 1.54) is 6.20 Å². The van der Waals surface area contributed by atoms with Crippen molar-refractivity contribution in [2.45, 2.75) is 24.9 Å². The number of anilines is 1. The van der Waals surface area contributed by atoms with Gasteiger partial charge in [-0.1, -0.05) is 0 Å². The zero-order valence-corrected chi connectivity index (χ0v) is 9.39. The predicted octanol–water partition coefficient (Wildman–Crippen LogP) is -1.72. The minimum Gasteiger partial charge on any atom is -0.394 e. The van der Waals surface area contributed by atoms with Gasteiger partial charge in [0.05, 0.1) is 18.3 Å². The molecule has 0 aromatic carbocycles. The van der Waals surface area contributed by atoms with Gasteiger partial charge in [0.15, 0.2) is 6.29 Å². The number of aliphatic hydroxyl groups excluding tert-OH is 2. The summed E-state index contributed by atoms with van der Waals surface area (Å²) in [6.07, 6.45) is -0.545. The lowest BCUT2D eigenvalue weighted by molar-refractivity contribution is -0.0458. The lowest BCUT2D eigenvalue weighted by atomic mass is 10.4. The maximum Gasteiger partial charge on any atom is 0.351 e. The highest BCUT2D eigenvalue weighted by Gasteiger charge is 2.35. The molecule has 0 amide bonds. The monoisotopic (exact) mass is 262 g/mol. The molecule has 0 aliphatic carbocycles. The third-order valence-electron chi connectivity index (χ3n) is 2.83. The number of nitrogen functional groups attached to an aromatic ring is 1. The summed E-state index contributed by atoms with van der Waals surface area (Å²) in [4.78, 5) is 25.8. The number of rotatable bonds is 3. The number of aldehydes is 1. The number of nitrogens with zero attached hydrogens (tertiary/aromatic N) is 2. The molecule has 1 fully saturated rings. The molecule has 0 bridgehead atoms. The molecule has 0 radical (unpaired) electrons. The number of ether oxygens (including phenoxy) is 1. The molecule has 3 atom stereocenters. The molecular weight excluding hydrogens is 249 g/mol. The van der Waals surface area contributed by atoms with E-state index in [1.807, 2.05) is 0 Å². The SMILES string of the molecule is Nc1[15n]c(=O)[15n]([13C@H]2[13CH2][13C@H](O)[13C@@H]([13CH2]O)O2)cc1C=O. The van der Waals surface area contributed by atoms with Gasteiger partial charge in [-0.3, -0.25) is 9.36 Å². The van der Waals surface area contributed by atoms with Crippen LogP contribution in [0.15, 0.2) is 11.0 Å². The summed E-state index contributed by atoms with van der Waals surface area (Å²) < 4.78 is 6.38. The summed E-state index contributed by atoms with van der Waals surface area (Å²) in [7, 11) is 0. The largest absolute Gasteiger partial charge is 0.394 e. The normalized spacial score (nSPS) is 27.3. The molecule has 18 heavy (non-hydrogen) atoms. The summed E-state index contributed by atoms with van der Waals surface area (Å²) in [6.45, 7) is -0.352. The lowest BCUT2D eigenvalue weighted by Crippen LogP contribution is -2.29. The minimum atomic E-state index is -0.871. The first kappa shape index (κ1) is 12.7. The highest BCUT2D eigenvalue weighted by molar-refractivity contribution is 5.80. The van der Waals surface area contributed by atoms with Crippen LogP contribution in [0.4, 0.5) is 5.82 Å². The first-order chi connectivity index (χ1) is 8.56. The molecule has 2 rings (SSSR count). The van der Waals surface area contributed by atoms with E-state index in [-0.39, 0.29) is 24.4 Å². The van der Waals surface area contributed by atoms with E-state index in [0.29, 0.717) is 6.29 Å². The zero-order valence-electron chi connectivity index (χ0n) is 9.39. The molecule has 1 aliphatic heterocycles. The molecule has 98 valence electrons. The minimum absolute atomic E-state index is 0.0696. The van der Waals surface area contributed by atoms with E-state index in [4.69, 9.17) is 15.6 Å². The van der Waals surface area contributed by atoms with Crippen LogP contribution in [0.3, 0.4) is 0 Å². The van der Waals surface area contributed by atoms with Crippen LogP contribution < -0.4 is 11.4 Å². The molecule has 8 nitrogen and oxygen atoms in total. The van der Waals surface area contributed by atoms with Crippen LogP contribution in [0.25, 0.3) is 0 Å². The van der Waals surface area contributed by atoms with E-state index in [2.05, 4.69) is 4.98 Å². The van der Waals surface area contributed by atoms with Crippen molar-refractivity contribution < 1.29 is 19.7 Å². The quantitative estimate of drug-likeness (QED) is 0.436. The average Bonchev–Trinajstić information content (AvgIpc) is 2.70. The Morgan fingerprint density at radius 3 is 2.94 bits per heavy atom. The smallest absolute Gasteiger partial charge is 0.351 e. The van der Waals surface area contributed by atoms with Gasteiger partial charge in [0.25, 0.3) is 0 Å². The van der Waals surface area contributed by atoms with E-state index >= 15 is 0 Å². The van der Waals surface area contributed by atoms with Gasteiger partial charge in [0.2, 0.25) is 0 Å². The number of hydrogen-bond acceptors (Lipinski definition) is 7. The number of nitrogens with two attached hydrogens (primary N) is 1. The zero-order chi connectivity index (χ0) is 13.3. The van der Waals surface area contributed by atoms with Gasteiger partial charge in [-0.05, 0) is 0 Å². The highest BCUT2D eigenvalue weighted by atomic mass is 16.8. The Balaban J connectivity index is 2.35. The van der Waals surface area contributed by atoms with Gasteiger partial charge >= 0.3 is 5.69 Å². The van der Waals surface area contributed by atoms with Crippen molar-refractivity contribution >= 4 is 12.1 Å². The van der Waals surface area contributed by atoms with Crippen LogP contribution in [-0.4, -0.2) is 44.9 Å². The van der Waals surface area contributed by atoms with Crippen molar-refractivity contribution in [1.82, 2.24) is 9.55 Å². The molecule has 1 aliphatic rings. The number of carbonyl (C=O) groups excluding carboxylic acids is 1. The van der Waals surface area contributed by atoms with E-state index < -0.39 is 24.1 Å². The van der Waals surface area contributed by atoms with Crippen molar-refractivity contribution in [3.05, 3.63) is 22.2 Å². The topological polar surface area (TPSA) is 128 Å². The summed E-state index contributed by atoms with van der Waals surface area (Å²) in [5, 5.41) is 18.5. The number of aliphatic hydroxyl groups is 2. The van der Waals surface area contributed by atoms with Gasteiger partial charge in [-0.25, -0.2) is 4.79 Å². The average molecular weight is 262 g/mol. The van der Waals surface area contributed by atoms with Crippen molar-refractivity contribution in [3.63, 3.8) is 0 Å². The molecule has 1 saturated heterocycles. The first-order valence-electron chi connectivity index (χ1n) is 5.35. The van der Waals surface area contributed by atoms with Crippen molar-refractivity contribution in [2.75, 3.05) is 12.3 Å². The van der Waals surface area contributed by atoms with Gasteiger partial charge in [-0.2, -0.15) is 4.98 Å². The molecule has 4 N–H and O–H groups in total. The molecule has 8 heteroatoms. The van der Waals surface area contributed by atoms with Crippen LogP contribution in [0.5, 0.6) is 0 Å². The standard InChI is InChI=1S/C10H13N3O5/c11-9-5(3-14)2-13(10(17)12-9)8-1-6(16)7(4-15)18-8/h2-3,6-8,15-16H,1,4H2,(H2,11,12,17)/t6-,7+,8+/m0/s1/i1+1,4+1,6+1,7+1,8+1,12+1,13+1. The molecule has 0 saturated carbocycles.